The summed E-state index contributed by atoms with van der Waals surface area (Å²) in [5.41, 5.74) is 24.3. The monoisotopic (exact) mass is 654 g/mol. The standard InChI is InChI=1S/C21H29N7O.C18H29N/c1-21(2,3)17-11-15-13-28(20(29)27-18(15)26-17)16-7-5-14(6-8-16)12-24-9-4-10-25-19(22)23;1-18(2,3)17-12-14(7-4-5-10-19)11-16(13-17)15-8-6-9-15/h5-8,11,13,24H,4,9-10,12H2,1-3H3,(H4,22,23,25)(H,26,27,29);11-13,15H,4-10,19H2,1-3H3. The molecule has 0 radical (unpaired) electrons. The van der Waals surface area contributed by atoms with E-state index in [0.29, 0.717) is 12.2 Å². The molecule has 1 saturated carbocycles. The summed E-state index contributed by atoms with van der Waals surface area (Å²) < 4.78 is 1.58. The second-order valence-corrected chi connectivity index (χ2v) is 15.2. The number of guanidine groups is 1. The maximum atomic E-state index is 12.5. The lowest BCUT2D eigenvalue weighted by atomic mass is 9.76. The SMILES string of the molecule is CC(C)(C)c1cc(CCCCN)cc(C2CCC2)c1.CC(C)(C)c1cc2cn(-c3ccc(CNCCCN=C(N)N)cc3)c(=O)nc2[nH]1. The molecule has 4 aromatic rings. The Morgan fingerprint density at radius 1 is 0.958 bits per heavy atom. The summed E-state index contributed by atoms with van der Waals surface area (Å²) >= 11 is 0. The maximum Gasteiger partial charge on any atom is 0.354 e. The maximum absolute atomic E-state index is 12.5. The van der Waals surface area contributed by atoms with Gasteiger partial charge in [0.05, 0.1) is 5.69 Å². The molecule has 2 heterocycles. The first-order valence-corrected chi connectivity index (χ1v) is 17.6. The third kappa shape index (κ3) is 10.5. The van der Waals surface area contributed by atoms with E-state index in [4.69, 9.17) is 17.2 Å². The number of unbranched alkanes of at least 4 members (excludes halogenated alkanes) is 1. The summed E-state index contributed by atoms with van der Waals surface area (Å²) in [7, 11) is 0. The van der Waals surface area contributed by atoms with Crippen molar-refractivity contribution in [1.29, 1.82) is 0 Å². The molecule has 0 unspecified atom stereocenters. The molecule has 0 amide bonds. The Morgan fingerprint density at radius 2 is 1.69 bits per heavy atom. The summed E-state index contributed by atoms with van der Waals surface area (Å²) in [6.45, 7) is 16.3. The van der Waals surface area contributed by atoms with Gasteiger partial charge in [0.25, 0.3) is 0 Å². The van der Waals surface area contributed by atoms with Gasteiger partial charge in [-0.3, -0.25) is 9.56 Å². The quantitative estimate of drug-likeness (QED) is 0.0687. The van der Waals surface area contributed by atoms with Crippen LogP contribution in [0.2, 0.25) is 0 Å². The van der Waals surface area contributed by atoms with Gasteiger partial charge in [-0.1, -0.05) is 78.3 Å². The Kier molecular flexibility index (Phi) is 12.6. The van der Waals surface area contributed by atoms with Crippen LogP contribution in [0, 0.1) is 0 Å². The number of hydrogen-bond donors (Lipinski definition) is 5. The second-order valence-electron chi connectivity index (χ2n) is 15.2. The largest absolute Gasteiger partial charge is 0.370 e. The number of H-pyrrole nitrogens is 1. The predicted molar refractivity (Wildman–Crippen MR) is 201 cm³/mol. The van der Waals surface area contributed by atoms with Crippen LogP contribution < -0.4 is 28.2 Å². The van der Waals surface area contributed by atoms with Gasteiger partial charge >= 0.3 is 5.69 Å². The van der Waals surface area contributed by atoms with Crippen LogP contribution in [0.25, 0.3) is 16.7 Å². The normalized spacial score (nSPS) is 13.6. The van der Waals surface area contributed by atoms with Gasteiger partial charge in [0.15, 0.2) is 5.96 Å². The van der Waals surface area contributed by atoms with E-state index >= 15 is 0 Å². The number of nitrogens with one attached hydrogen (secondary N) is 2. The van der Waals surface area contributed by atoms with Gasteiger partial charge in [0, 0.05) is 35.8 Å². The summed E-state index contributed by atoms with van der Waals surface area (Å²) in [4.78, 5) is 23.9. The van der Waals surface area contributed by atoms with Crippen molar-refractivity contribution in [2.75, 3.05) is 19.6 Å². The lowest BCUT2D eigenvalue weighted by Gasteiger charge is -2.29. The van der Waals surface area contributed by atoms with Gasteiger partial charge in [-0.15, -0.1) is 0 Å². The Balaban J connectivity index is 0.000000237. The van der Waals surface area contributed by atoms with E-state index < -0.39 is 0 Å². The van der Waals surface area contributed by atoms with Crippen molar-refractivity contribution >= 4 is 17.0 Å². The first-order chi connectivity index (χ1) is 22.7. The number of aromatic nitrogens is 3. The van der Waals surface area contributed by atoms with E-state index in [1.54, 1.807) is 10.1 Å². The average Bonchev–Trinajstić information content (AvgIpc) is 3.42. The fourth-order valence-corrected chi connectivity index (χ4v) is 5.75. The van der Waals surface area contributed by atoms with Crippen molar-refractivity contribution in [2.24, 2.45) is 22.2 Å². The van der Waals surface area contributed by atoms with E-state index in [1.165, 1.54) is 43.2 Å². The number of aliphatic imine (C=N–C) groups is 1. The highest BCUT2D eigenvalue weighted by atomic mass is 16.1. The number of aromatic amines is 1. The van der Waals surface area contributed by atoms with Gasteiger partial charge in [0.1, 0.15) is 5.65 Å². The number of nitrogens with zero attached hydrogens (tertiary/aromatic N) is 3. The van der Waals surface area contributed by atoms with Crippen LogP contribution in [-0.4, -0.2) is 40.1 Å². The molecule has 1 aliphatic carbocycles. The minimum absolute atomic E-state index is 0.0352. The van der Waals surface area contributed by atoms with Crippen molar-refractivity contribution < 1.29 is 0 Å². The number of rotatable bonds is 12. The van der Waals surface area contributed by atoms with E-state index in [1.807, 2.05) is 30.5 Å². The smallest absolute Gasteiger partial charge is 0.354 e. The molecular weight excluding hydrogens is 596 g/mol. The van der Waals surface area contributed by atoms with Gasteiger partial charge in [-0.2, -0.15) is 4.98 Å². The van der Waals surface area contributed by atoms with Gasteiger partial charge in [0.2, 0.25) is 0 Å². The number of benzene rings is 2. The molecule has 5 rings (SSSR count). The summed E-state index contributed by atoms with van der Waals surface area (Å²) in [6.07, 6.45) is 10.4. The van der Waals surface area contributed by atoms with Gasteiger partial charge in [-0.25, -0.2) is 4.79 Å². The van der Waals surface area contributed by atoms with Crippen LogP contribution in [0.3, 0.4) is 0 Å². The van der Waals surface area contributed by atoms with Crippen LogP contribution in [0.15, 0.2) is 64.5 Å². The highest BCUT2D eigenvalue weighted by Crippen LogP contribution is 2.38. The van der Waals surface area contributed by atoms with Crippen LogP contribution in [0.4, 0.5) is 0 Å². The number of aryl methyl sites for hydroxylation is 1. The van der Waals surface area contributed by atoms with Crippen molar-refractivity contribution in [3.8, 4) is 5.69 Å². The molecule has 0 saturated heterocycles. The van der Waals surface area contributed by atoms with Crippen molar-refractivity contribution in [3.05, 3.63) is 93.2 Å². The van der Waals surface area contributed by atoms with Crippen molar-refractivity contribution in [3.63, 3.8) is 0 Å². The molecule has 1 aliphatic rings. The predicted octanol–water partition coefficient (Wildman–Crippen LogP) is 6.30. The third-order valence-electron chi connectivity index (χ3n) is 9.04. The van der Waals surface area contributed by atoms with Crippen molar-refractivity contribution in [1.82, 2.24) is 19.9 Å². The molecule has 0 bridgehead atoms. The fraction of sp³-hybridized carbons (Fsp3) is 0.513. The van der Waals surface area contributed by atoms with Gasteiger partial charge in [-0.05, 0) is 103 Å². The molecule has 48 heavy (non-hydrogen) atoms. The number of fused-ring (bicyclic) bond motifs is 1. The Morgan fingerprint density at radius 3 is 2.29 bits per heavy atom. The molecule has 0 spiro atoms. The first-order valence-electron chi connectivity index (χ1n) is 17.6. The highest BCUT2D eigenvalue weighted by molar-refractivity contribution is 5.76. The Hall–Kier alpha value is -3.95. The third-order valence-corrected chi connectivity index (χ3v) is 9.04. The average molecular weight is 655 g/mol. The molecule has 9 nitrogen and oxygen atoms in total. The van der Waals surface area contributed by atoms with E-state index in [9.17, 15) is 4.79 Å². The minimum atomic E-state index is -0.301. The molecule has 0 atom stereocenters. The number of hydrogen-bond acceptors (Lipinski definition) is 5. The molecule has 2 aromatic heterocycles. The molecule has 8 N–H and O–H groups in total. The zero-order valence-electron chi connectivity index (χ0n) is 30.0. The Labute approximate surface area is 286 Å². The Bertz CT molecular complexity index is 1700. The first kappa shape index (κ1) is 36.9. The van der Waals surface area contributed by atoms with E-state index in [-0.39, 0.29) is 22.5 Å². The van der Waals surface area contributed by atoms with E-state index in [2.05, 4.69) is 86.1 Å². The molecule has 1 fully saturated rings. The van der Waals surface area contributed by atoms with Crippen LogP contribution in [0.5, 0.6) is 0 Å². The van der Waals surface area contributed by atoms with Crippen LogP contribution in [-0.2, 0) is 23.8 Å². The zero-order chi connectivity index (χ0) is 34.9. The molecule has 260 valence electrons. The molecule has 9 heteroatoms. The van der Waals surface area contributed by atoms with Crippen LogP contribution >= 0.6 is 0 Å². The topological polar surface area (TPSA) is 153 Å². The number of nitrogens with two attached hydrogens (primary N) is 3. The summed E-state index contributed by atoms with van der Waals surface area (Å²) in [5, 5.41) is 4.27. The lowest BCUT2D eigenvalue weighted by Crippen LogP contribution is -2.23. The molecule has 0 aliphatic heterocycles. The zero-order valence-corrected chi connectivity index (χ0v) is 30.0. The summed E-state index contributed by atoms with van der Waals surface area (Å²) in [6, 6.07) is 17.3. The van der Waals surface area contributed by atoms with Crippen molar-refractivity contribution in [2.45, 2.75) is 110 Å². The molecular formula is C39H58N8O. The van der Waals surface area contributed by atoms with Gasteiger partial charge < -0.3 is 27.5 Å². The lowest BCUT2D eigenvalue weighted by molar-refractivity contribution is 0.418. The highest BCUT2D eigenvalue weighted by Gasteiger charge is 2.23. The minimum Gasteiger partial charge on any atom is -0.370 e. The summed E-state index contributed by atoms with van der Waals surface area (Å²) in [5.74, 6) is 0.952. The molecule has 2 aromatic carbocycles. The second kappa shape index (κ2) is 16.4. The fourth-order valence-electron chi connectivity index (χ4n) is 5.75. The van der Waals surface area contributed by atoms with Crippen LogP contribution in [0.1, 0.15) is 114 Å². The van der Waals surface area contributed by atoms with E-state index in [0.717, 1.165) is 60.7 Å².